The Morgan fingerprint density at radius 1 is 1.12 bits per heavy atom. The van der Waals surface area contributed by atoms with Crippen molar-refractivity contribution in [3.05, 3.63) is 29.8 Å². The first-order chi connectivity index (χ1) is 10.8. The summed E-state index contributed by atoms with van der Waals surface area (Å²) in [6.07, 6.45) is 0. The van der Waals surface area contributed by atoms with Crippen LogP contribution in [-0.4, -0.2) is 44.9 Å². The van der Waals surface area contributed by atoms with Crippen molar-refractivity contribution < 1.29 is 13.2 Å². The van der Waals surface area contributed by atoms with E-state index in [1.54, 1.807) is 32.7 Å². The highest BCUT2D eigenvalue weighted by Crippen LogP contribution is 2.18. The Labute approximate surface area is 145 Å². The summed E-state index contributed by atoms with van der Waals surface area (Å²) in [5, 5.41) is 0. The van der Waals surface area contributed by atoms with Crippen LogP contribution < -0.4 is 10.5 Å². The molecule has 1 rings (SSSR count). The molecular formula is C17H29N3O3S. The third-order valence-corrected chi connectivity index (χ3v) is 5.19. The number of sulfonamides is 1. The number of nitrogens with zero attached hydrogens (tertiary/aromatic N) is 1. The number of carbonyl (C=O) groups is 1. The Morgan fingerprint density at radius 2 is 1.62 bits per heavy atom. The Morgan fingerprint density at radius 3 is 2.04 bits per heavy atom. The average molecular weight is 356 g/mol. The SMILES string of the molecule is CN(CC(C)(C)CN)C(=O)c1ccc(S(=O)(=O)NC(C)(C)C)cc1. The smallest absolute Gasteiger partial charge is 0.253 e. The topological polar surface area (TPSA) is 92.5 Å². The molecule has 0 heterocycles. The van der Waals surface area contributed by atoms with Crippen molar-refractivity contribution in [2.75, 3.05) is 20.1 Å². The molecule has 1 aromatic rings. The largest absolute Gasteiger partial charge is 0.341 e. The number of amides is 1. The number of carbonyl (C=O) groups excluding carboxylic acids is 1. The molecule has 0 aliphatic heterocycles. The van der Waals surface area contributed by atoms with E-state index in [1.807, 2.05) is 13.8 Å². The molecule has 0 radical (unpaired) electrons. The standard InChI is InChI=1S/C17H29N3O3S/c1-16(2,3)19-24(22,23)14-9-7-13(8-10-14)15(21)20(6)12-17(4,5)11-18/h7-10,19H,11-12,18H2,1-6H3. The minimum Gasteiger partial charge on any atom is -0.341 e. The zero-order valence-electron chi connectivity index (χ0n) is 15.4. The summed E-state index contributed by atoms with van der Waals surface area (Å²) in [6.45, 7) is 10.3. The maximum Gasteiger partial charge on any atom is 0.253 e. The van der Waals surface area contributed by atoms with E-state index in [4.69, 9.17) is 5.73 Å². The van der Waals surface area contributed by atoms with Gasteiger partial charge in [-0.1, -0.05) is 13.8 Å². The third kappa shape index (κ3) is 5.89. The second-order valence-corrected chi connectivity index (χ2v) is 9.59. The van der Waals surface area contributed by atoms with Gasteiger partial charge in [0.15, 0.2) is 0 Å². The van der Waals surface area contributed by atoms with E-state index in [0.717, 1.165) is 0 Å². The Balaban J connectivity index is 2.93. The van der Waals surface area contributed by atoms with Crippen molar-refractivity contribution in [2.45, 2.75) is 45.1 Å². The van der Waals surface area contributed by atoms with Crippen LogP contribution >= 0.6 is 0 Å². The molecule has 0 bridgehead atoms. The number of benzene rings is 1. The lowest BCUT2D eigenvalue weighted by atomic mass is 9.93. The van der Waals surface area contributed by atoms with Crippen LogP contribution in [0, 0.1) is 5.41 Å². The Hall–Kier alpha value is -1.44. The van der Waals surface area contributed by atoms with Gasteiger partial charge in [-0.3, -0.25) is 4.79 Å². The van der Waals surface area contributed by atoms with Gasteiger partial charge >= 0.3 is 0 Å². The van der Waals surface area contributed by atoms with Gasteiger partial charge in [0.05, 0.1) is 4.90 Å². The fraction of sp³-hybridized carbons (Fsp3) is 0.588. The summed E-state index contributed by atoms with van der Waals surface area (Å²) in [5.74, 6) is -0.163. The van der Waals surface area contributed by atoms with Crippen LogP contribution in [0.2, 0.25) is 0 Å². The zero-order chi connectivity index (χ0) is 18.8. The van der Waals surface area contributed by atoms with Crippen molar-refractivity contribution in [3.8, 4) is 0 Å². The van der Waals surface area contributed by atoms with Crippen molar-refractivity contribution >= 4 is 15.9 Å². The molecule has 0 unspecified atom stereocenters. The fourth-order valence-electron chi connectivity index (χ4n) is 2.24. The van der Waals surface area contributed by atoms with Gasteiger partial charge in [-0.15, -0.1) is 0 Å². The van der Waals surface area contributed by atoms with Crippen LogP contribution in [0.1, 0.15) is 45.0 Å². The zero-order valence-corrected chi connectivity index (χ0v) is 16.2. The highest BCUT2D eigenvalue weighted by molar-refractivity contribution is 7.89. The van der Waals surface area contributed by atoms with Gasteiger partial charge in [-0.2, -0.15) is 0 Å². The monoisotopic (exact) mass is 355 g/mol. The van der Waals surface area contributed by atoms with Gasteiger partial charge in [-0.05, 0) is 57.0 Å². The second-order valence-electron chi connectivity index (χ2n) is 7.91. The molecule has 0 fully saturated rings. The van der Waals surface area contributed by atoms with Gasteiger partial charge in [-0.25, -0.2) is 13.1 Å². The summed E-state index contributed by atoms with van der Waals surface area (Å²) in [4.78, 5) is 14.2. The highest BCUT2D eigenvalue weighted by atomic mass is 32.2. The van der Waals surface area contributed by atoms with Crippen LogP contribution in [0.25, 0.3) is 0 Å². The summed E-state index contributed by atoms with van der Waals surface area (Å²) in [5.41, 5.74) is 5.40. The van der Waals surface area contributed by atoms with Gasteiger partial charge in [0.2, 0.25) is 10.0 Å². The maximum atomic E-state index is 12.4. The molecule has 0 aliphatic rings. The molecule has 0 aromatic heterocycles. The number of rotatable bonds is 6. The van der Waals surface area contributed by atoms with Crippen LogP contribution in [0.5, 0.6) is 0 Å². The first-order valence-corrected chi connectivity index (χ1v) is 9.35. The minimum absolute atomic E-state index is 0.138. The molecule has 1 amide bonds. The highest BCUT2D eigenvalue weighted by Gasteiger charge is 2.24. The number of nitrogens with two attached hydrogens (primary N) is 1. The quantitative estimate of drug-likeness (QED) is 0.814. The molecule has 0 saturated carbocycles. The normalized spacial score (nSPS) is 13.0. The lowest BCUT2D eigenvalue weighted by Crippen LogP contribution is -2.40. The van der Waals surface area contributed by atoms with Crippen LogP contribution in [-0.2, 0) is 10.0 Å². The van der Waals surface area contributed by atoms with E-state index in [-0.39, 0.29) is 16.2 Å². The summed E-state index contributed by atoms with van der Waals surface area (Å²) in [6, 6.07) is 5.96. The van der Waals surface area contributed by atoms with E-state index >= 15 is 0 Å². The van der Waals surface area contributed by atoms with Gasteiger partial charge < -0.3 is 10.6 Å². The van der Waals surface area contributed by atoms with Crippen molar-refractivity contribution in [3.63, 3.8) is 0 Å². The van der Waals surface area contributed by atoms with Crippen LogP contribution in [0.4, 0.5) is 0 Å². The average Bonchev–Trinajstić information content (AvgIpc) is 2.43. The molecule has 0 atom stereocenters. The first-order valence-electron chi connectivity index (χ1n) is 7.87. The molecule has 1 aromatic carbocycles. The first kappa shape index (κ1) is 20.6. The molecule has 0 aliphatic carbocycles. The number of hydrogen-bond donors (Lipinski definition) is 2. The number of hydrogen-bond acceptors (Lipinski definition) is 4. The molecular weight excluding hydrogens is 326 g/mol. The molecule has 3 N–H and O–H groups in total. The number of nitrogens with one attached hydrogen (secondary N) is 1. The molecule has 24 heavy (non-hydrogen) atoms. The van der Waals surface area contributed by atoms with Crippen molar-refractivity contribution in [2.24, 2.45) is 11.1 Å². The van der Waals surface area contributed by atoms with Crippen molar-refractivity contribution in [1.29, 1.82) is 0 Å². The fourth-order valence-corrected chi connectivity index (χ4v) is 3.66. The third-order valence-electron chi connectivity index (χ3n) is 3.42. The predicted octanol–water partition coefficient (Wildman–Crippen LogP) is 1.82. The van der Waals surface area contributed by atoms with E-state index in [2.05, 4.69) is 4.72 Å². The summed E-state index contributed by atoms with van der Waals surface area (Å²) >= 11 is 0. The Bertz CT molecular complexity index is 674. The molecule has 7 heteroatoms. The lowest BCUT2D eigenvalue weighted by molar-refractivity contribution is 0.0740. The molecule has 0 spiro atoms. The van der Waals surface area contributed by atoms with E-state index in [1.165, 1.54) is 24.3 Å². The van der Waals surface area contributed by atoms with Crippen LogP contribution in [0.3, 0.4) is 0 Å². The minimum atomic E-state index is -3.60. The second kappa shape index (κ2) is 7.21. The molecule has 136 valence electrons. The maximum absolute atomic E-state index is 12.4. The van der Waals surface area contributed by atoms with Crippen molar-refractivity contribution in [1.82, 2.24) is 9.62 Å². The predicted molar refractivity (Wildman–Crippen MR) is 96.3 cm³/mol. The van der Waals surface area contributed by atoms with E-state index in [0.29, 0.717) is 18.7 Å². The van der Waals surface area contributed by atoms with E-state index < -0.39 is 15.6 Å². The summed E-state index contributed by atoms with van der Waals surface area (Å²) in [7, 11) is -1.89. The summed E-state index contributed by atoms with van der Waals surface area (Å²) < 4.78 is 27.1. The Kier molecular flexibility index (Phi) is 6.19. The van der Waals surface area contributed by atoms with Gasteiger partial charge in [0.1, 0.15) is 0 Å². The lowest BCUT2D eigenvalue weighted by Gasteiger charge is -2.29. The van der Waals surface area contributed by atoms with E-state index in [9.17, 15) is 13.2 Å². The van der Waals surface area contributed by atoms with Crippen LogP contribution in [0.15, 0.2) is 29.2 Å². The van der Waals surface area contributed by atoms with Gasteiger partial charge in [0, 0.05) is 24.7 Å². The molecule has 6 nitrogen and oxygen atoms in total. The van der Waals surface area contributed by atoms with Gasteiger partial charge in [0.25, 0.3) is 5.91 Å². The molecule has 0 saturated heterocycles.